The largest absolute Gasteiger partial charge is 0.508 e. The number of nitrogens with one attached hydrogen (secondary N) is 1. The molecule has 0 aliphatic carbocycles. The molecule has 0 spiro atoms. The molecule has 0 saturated carbocycles. The number of benzene rings is 2. The van der Waals surface area contributed by atoms with Gasteiger partial charge in [-0.05, 0) is 37.6 Å². The summed E-state index contributed by atoms with van der Waals surface area (Å²) in [4.78, 5) is 0. The Labute approximate surface area is 127 Å². The highest BCUT2D eigenvalue weighted by Gasteiger charge is 2.17. The highest BCUT2D eigenvalue weighted by Crippen LogP contribution is 2.34. The van der Waals surface area contributed by atoms with E-state index in [-0.39, 0.29) is 16.8 Å². The van der Waals surface area contributed by atoms with E-state index >= 15 is 0 Å². The molecule has 0 fully saturated rings. The molecule has 106 valence electrons. The van der Waals surface area contributed by atoms with Crippen molar-refractivity contribution in [2.75, 3.05) is 5.32 Å². The van der Waals surface area contributed by atoms with E-state index < -0.39 is 5.82 Å². The third kappa shape index (κ3) is 3.00. The molecular formula is C15H14Cl2FNO. The molecule has 0 bridgehead atoms. The zero-order valence-corrected chi connectivity index (χ0v) is 12.6. The van der Waals surface area contributed by atoms with Crippen LogP contribution in [0.2, 0.25) is 10.0 Å². The molecule has 2 N–H and O–H groups in total. The van der Waals surface area contributed by atoms with Crippen molar-refractivity contribution in [3.05, 3.63) is 57.3 Å². The summed E-state index contributed by atoms with van der Waals surface area (Å²) in [6.07, 6.45) is 0. The Bertz CT molecular complexity index is 646. The molecule has 2 rings (SSSR count). The van der Waals surface area contributed by atoms with Crippen molar-refractivity contribution in [3.63, 3.8) is 0 Å². The van der Waals surface area contributed by atoms with Crippen LogP contribution in [0.5, 0.6) is 5.75 Å². The van der Waals surface area contributed by atoms with E-state index in [0.29, 0.717) is 16.3 Å². The first-order valence-corrected chi connectivity index (χ1v) is 6.85. The topological polar surface area (TPSA) is 32.3 Å². The predicted molar refractivity (Wildman–Crippen MR) is 81.3 cm³/mol. The summed E-state index contributed by atoms with van der Waals surface area (Å²) in [5, 5.41) is 13.2. The van der Waals surface area contributed by atoms with Crippen molar-refractivity contribution < 1.29 is 9.50 Å². The Balaban J connectivity index is 2.30. The van der Waals surface area contributed by atoms with Crippen LogP contribution < -0.4 is 5.32 Å². The summed E-state index contributed by atoms with van der Waals surface area (Å²) in [5.41, 5.74) is 1.98. The molecule has 0 saturated heterocycles. The van der Waals surface area contributed by atoms with Gasteiger partial charge >= 0.3 is 0 Å². The number of hydrogen-bond acceptors (Lipinski definition) is 2. The summed E-state index contributed by atoms with van der Waals surface area (Å²) >= 11 is 12.0. The second-order valence-electron chi connectivity index (χ2n) is 4.62. The molecule has 5 heteroatoms. The van der Waals surface area contributed by atoms with Crippen molar-refractivity contribution in [3.8, 4) is 5.75 Å². The molecule has 0 aliphatic heterocycles. The molecule has 0 radical (unpaired) electrons. The number of phenols is 1. The highest BCUT2D eigenvalue weighted by atomic mass is 35.5. The fourth-order valence-electron chi connectivity index (χ4n) is 1.96. The number of aryl methyl sites for hydroxylation is 1. The molecule has 1 unspecified atom stereocenters. The van der Waals surface area contributed by atoms with Gasteiger partial charge in [-0.25, -0.2) is 4.39 Å². The van der Waals surface area contributed by atoms with E-state index in [2.05, 4.69) is 5.32 Å². The zero-order valence-electron chi connectivity index (χ0n) is 11.0. The number of halogens is 3. The number of aromatic hydroxyl groups is 1. The third-order valence-electron chi connectivity index (χ3n) is 3.10. The van der Waals surface area contributed by atoms with Crippen LogP contribution >= 0.6 is 23.2 Å². The number of rotatable bonds is 3. The van der Waals surface area contributed by atoms with Crippen molar-refractivity contribution in [2.24, 2.45) is 0 Å². The standard InChI is InChI=1S/C15H14Cl2FNO/c1-8-3-4-10(7-13(8)20)19-9(2)14-11(16)5-6-12(18)15(14)17/h3-7,9,19-20H,1-2H3. The molecule has 20 heavy (non-hydrogen) atoms. The number of phenolic OH excluding ortho intramolecular Hbond substituents is 1. The van der Waals surface area contributed by atoms with Gasteiger partial charge in [0.1, 0.15) is 11.6 Å². The third-order valence-corrected chi connectivity index (χ3v) is 3.82. The second-order valence-corrected chi connectivity index (χ2v) is 5.41. The van der Waals surface area contributed by atoms with Crippen LogP contribution in [0.4, 0.5) is 10.1 Å². The summed E-state index contributed by atoms with van der Waals surface area (Å²) in [6.45, 7) is 3.63. The molecule has 0 aliphatic rings. The van der Waals surface area contributed by atoms with Crippen LogP contribution in [0.15, 0.2) is 30.3 Å². The smallest absolute Gasteiger partial charge is 0.142 e. The van der Waals surface area contributed by atoms with Gasteiger partial charge in [-0.2, -0.15) is 0 Å². The molecule has 0 aromatic heterocycles. The second kappa shape index (κ2) is 5.90. The van der Waals surface area contributed by atoms with Crippen molar-refractivity contribution in [2.45, 2.75) is 19.9 Å². The molecule has 2 aromatic carbocycles. The molecule has 2 nitrogen and oxygen atoms in total. The summed E-state index contributed by atoms with van der Waals surface area (Å²) in [7, 11) is 0. The minimum atomic E-state index is -0.508. The molecule has 0 heterocycles. The van der Waals surface area contributed by atoms with Crippen LogP contribution in [-0.4, -0.2) is 5.11 Å². The van der Waals surface area contributed by atoms with E-state index in [9.17, 15) is 9.50 Å². The minimum absolute atomic E-state index is 0.00818. The predicted octanol–water partition coefficient (Wildman–Crippen LogP) is 5.32. The molecule has 0 amide bonds. The van der Waals surface area contributed by atoms with Gasteiger partial charge in [-0.1, -0.05) is 29.3 Å². The SMILES string of the molecule is Cc1ccc(NC(C)c2c(Cl)ccc(F)c2Cl)cc1O. The lowest BCUT2D eigenvalue weighted by Crippen LogP contribution is -2.08. The van der Waals surface area contributed by atoms with Gasteiger partial charge in [0.25, 0.3) is 0 Å². The van der Waals surface area contributed by atoms with Crippen LogP contribution in [0.25, 0.3) is 0 Å². The van der Waals surface area contributed by atoms with E-state index in [1.165, 1.54) is 12.1 Å². The van der Waals surface area contributed by atoms with Crippen molar-refractivity contribution in [1.82, 2.24) is 0 Å². The van der Waals surface area contributed by atoms with Gasteiger partial charge in [-0.15, -0.1) is 0 Å². The van der Waals surface area contributed by atoms with Crippen LogP contribution in [0.3, 0.4) is 0 Å². The van der Waals surface area contributed by atoms with E-state index in [1.807, 2.05) is 19.9 Å². The lowest BCUT2D eigenvalue weighted by atomic mass is 10.1. The number of anilines is 1. The van der Waals surface area contributed by atoms with Crippen LogP contribution in [-0.2, 0) is 0 Å². The fourth-order valence-corrected chi connectivity index (χ4v) is 2.66. The summed E-state index contributed by atoms with van der Waals surface area (Å²) in [6, 6.07) is 7.63. The lowest BCUT2D eigenvalue weighted by molar-refractivity contribution is 0.471. The normalized spacial score (nSPS) is 12.2. The maximum Gasteiger partial charge on any atom is 0.142 e. The van der Waals surface area contributed by atoms with Gasteiger partial charge in [-0.3, -0.25) is 0 Å². The Morgan fingerprint density at radius 1 is 1.20 bits per heavy atom. The first kappa shape index (κ1) is 14.9. The van der Waals surface area contributed by atoms with Crippen molar-refractivity contribution >= 4 is 28.9 Å². The van der Waals surface area contributed by atoms with Gasteiger partial charge in [0.05, 0.1) is 11.1 Å². The van der Waals surface area contributed by atoms with Gasteiger partial charge in [0, 0.05) is 22.3 Å². The van der Waals surface area contributed by atoms with Crippen LogP contribution in [0.1, 0.15) is 24.1 Å². The average molecular weight is 314 g/mol. The van der Waals surface area contributed by atoms with Crippen molar-refractivity contribution in [1.29, 1.82) is 0 Å². The first-order chi connectivity index (χ1) is 9.40. The Morgan fingerprint density at radius 3 is 2.55 bits per heavy atom. The molecule has 1 atom stereocenters. The quantitative estimate of drug-likeness (QED) is 0.752. The maximum absolute atomic E-state index is 13.5. The highest BCUT2D eigenvalue weighted by molar-refractivity contribution is 6.36. The maximum atomic E-state index is 13.5. The van der Waals surface area contributed by atoms with Gasteiger partial charge in [0.2, 0.25) is 0 Å². The zero-order chi connectivity index (χ0) is 14.9. The van der Waals surface area contributed by atoms with Gasteiger partial charge in [0.15, 0.2) is 0 Å². The van der Waals surface area contributed by atoms with Crippen LogP contribution in [0, 0.1) is 12.7 Å². The molecule has 2 aromatic rings. The Morgan fingerprint density at radius 2 is 1.90 bits per heavy atom. The average Bonchev–Trinajstić information content (AvgIpc) is 2.39. The Kier molecular flexibility index (Phi) is 4.41. The Hall–Kier alpha value is -1.45. The lowest BCUT2D eigenvalue weighted by Gasteiger charge is -2.19. The molecular weight excluding hydrogens is 300 g/mol. The van der Waals surface area contributed by atoms with E-state index in [4.69, 9.17) is 23.2 Å². The number of hydrogen-bond donors (Lipinski definition) is 2. The van der Waals surface area contributed by atoms with E-state index in [0.717, 1.165) is 5.56 Å². The summed E-state index contributed by atoms with van der Waals surface area (Å²) in [5.74, 6) is -0.315. The summed E-state index contributed by atoms with van der Waals surface area (Å²) < 4.78 is 13.5. The van der Waals surface area contributed by atoms with Gasteiger partial charge < -0.3 is 10.4 Å². The fraction of sp³-hybridized carbons (Fsp3) is 0.200. The minimum Gasteiger partial charge on any atom is -0.508 e. The monoisotopic (exact) mass is 313 g/mol. The van der Waals surface area contributed by atoms with E-state index in [1.54, 1.807) is 12.1 Å². The first-order valence-electron chi connectivity index (χ1n) is 6.09.